The SMILES string of the molecule is CCNC1COCC1C(=O)NCC1(O)CCC(CC)CC1. The second kappa shape index (κ2) is 7.56. The van der Waals surface area contributed by atoms with E-state index in [1.807, 2.05) is 6.92 Å². The van der Waals surface area contributed by atoms with Crippen molar-refractivity contribution in [1.29, 1.82) is 0 Å². The number of rotatable bonds is 6. The summed E-state index contributed by atoms with van der Waals surface area (Å²) in [5, 5.41) is 16.8. The van der Waals surface area contributed by atoms with Crippen LogP contribution in [0.25, 0.3) is 0 Å². The van der Waals surface area contributed by atoms with Crippen LogP contribution in [0.5, 0.6) is 0 Å². The third-order valence-corrected chi connectivity index (χ3v) is 5.09. The average Bonchev–Trinajstić information content (AvgIpc) is 2.95. The molecular formula is C16H30N2O3. The van der Waals surface area contributed by atoms with Crippen molar-refractivity contribution in [1.82, 2.24) is 10.6 Å². The van der Waals surface area contributed by atoms with Crippen LogP contribution in [0.4, 0.5) is 0 Å². The minimum atomic E-state index is -0.714. The summed E-state index contributed by atoms with van der Waals surface area (Å²) in [6.45, 7) is 6.51. The molecule has 0 spiro atoms. The first-order chi connectivity index (χ1) is 10.1. The molecule has 0 radical (unpaired) electrons. The molecule has 1 amide bonds. The number of aliphatic hydroxyl groups is 1. The van der Waals surface area contributed by atoms with Crippen molar-refractivity contribution in [2.45, 2.75) is 57.6 Å². The summed E-state index contributed by atoms with van der Waals surface area (Å²) in [6.07, 6.45) is 4.91. The molecule has 0 bridgehead atoms. The summed E-state index contributed by atoms with van der Waals surface area (Å²) < 4.78 is 5.40. The average molecular weight is 298 g/mol. The van der Waals surface area contributed by atoms with Crippen LogP contribution < -0.4 is 10.6 Å². The standard InChI is InChI=1S/C16H30N2O3/c1-3-12-5-7-16(20,8-6-12)11-18-15(19)13-9-21-10-14(13)17-4-2/h12-14,17,20H,3-11H2,1-2H3,(H,18,19). The smallest absolute Gasteiger partial charge is 0.227 e. The summed E-state index contributed by atoms with van der Waals surface area (Å²) in [6, 6.07) is 0.0977. The van der Waals surface area contributed by atoms with E-state index in [2.05, 4.69) is 17.6 Å². The minimum absolute atomic E-state index is 0.00416. The molecule has 0 aromatic rings. The van der Waals surface area contributed by atoms with Gasteiger partial charge in [-0.25, -0.2) is 0 Å². The van der Waals surface area contributed by atoms with Gasteiger partial charge in [0, 0.05) is 12.6 Å². The first kappa shape index (κ1) is 16.7. The molecular weight excluding hydrogens is 268 g/mol. The van der Waals surface area contributed by atoms with E-state index in [1.165, 1.54) is 6.42 Å². The van der Waals surface area contributed by atoms with Crippen LogP contribution in [-0.4, -0.2) is 49.0 Å². The summed E-state index contributed by atoms with van der Waals surface area (Å²) in [5.41, 5.74) is -0.714. The maximum Gasteiger partial charge on any atom is 0.227 e. The number of likely N-dealkylation sites (N-methyl/N-ethyl adjacent to an activating group) is 1. The van der Waals surface area contributed by atoms with Crippen LogP contribution in [-0.2, 0) is 9.53 Å². The van der Waals surface area contributed by atoms with Crippen LogP contribution in [0.2, 0.25) is 0 Å². The van der Waals surface area contributed by atoms with Crippen molar-refractivity contribution < 1.29 is 14.6 Å². The lowest BCUT2D eigenvalue weighted by Gasteiger charge is -2.36. The van der Waals surface area contributed by atoms with E-state index in [1.54, 1.807) is 0 Å². The van der Waals surface area contributed by atoms with Crippen molar-refractivity contribution in [3.8, 4) is 0 Å². The van der Waals surface area contributed by atoms with Gasteiger partial charge in [-0.2, -0.15) is 0 Å². The first-order valence-electron chi connectivity index (χ1n) is 8.39. The Morgan fingerprint density at radius 3 is 2.62 bits per heavy atom. The fourth-order valence-electron chi connectivity index (χ4n) is 3.46. The molecule has 1 saturated carbocycles. The van der Waals surface area contributed by atoms with Crippen molar-refractivity contribution in [3.63, 3.8) is 0 Å². The van der Waals surface area contributed by atoms with Gasteiger partial charge in [0.25, 0.3) is 0 Å². The fourth-order valence-corrected chi connectivity index (χ4v) is 3.46. The monoisotopic (exact) mass is 298 g/mol. The lowest BCUT2D eigenvalue weighted by Crippen LogP contribution is -2.50. The number of carbonyl (C=O) groups excluding carboxylic acids is 1. The molecule has 1 saturated heterocycles. The Hall–Kier alpha value is -0.650. The van der Waals surface area contributed by atoms with Gasteiger partial charge in [-0.15, -0.1) is 0 Å². The minimum Gasteiger partial charge on any atom is -0.388 e. The Morgan fingerprint density at radius 2 is 2.00 bits per heavy atom. The molecule has 3 N–H and O–H groups in total. The molecule has 1 heterocycles. The van der Waals surface area contributed by atoms with Crippen molar-refractivity contribution in [2.75, 3.05) is 26.3 Å². The van der Waals surface area contributed by atoms with Gasteiger partial charge >= 0.3 is 0 Å². The van der Waals surface area contributed by atoms with Gasteiger partial charge in [0.2, 0.25) is 5.91 Å². The number of hydrogen-bond donors (Lipinski definition) is 3. The maximum atomic E-state index is 12.3. The first-order valence-corrected chi connectivity index (χ1v) is 8.39. The lowest BCUT2D eigenvalue weighted by atomic mass is 9.78. The Morgan fingerprint density at radius 1 is 1.29 bits per heavy atom. The molecule has 2 fully saturated rings. The third-order valence-electron chi connectivity index (χ3n) is 5.09. The van der Waals surface area contributed by atoms with Gasteiger partial charge in [0.15, 0.2) is 0 Å². The van der Waals surface area contributed by atoms with E-state index >= 15 is 0 Å². The van der Waals surface area contributed by atoms with Gasteiger partial charge < -0.3 is 20.5 Å². The van der Waals surface area contributed by atoms with E-state index in [0.717, 1.165) is 38.1 Å². The molecule has 1 aliphatic carbocycles. The van der Waals surface area contributed by atoms with Crippen molar-refractivity contribution in [3.05, 3.63) is 0 Å². The second-order valence-electron chi connectivity index (χ2n) is 6.60. The van der Waals surface area contributed by atoms with Crippen LogP contribution >= 0.6 is 0 Å². The van der Waals surface area contributed by atoms with E-state index in [0.29, 0.717) is 19.8 Å². The van der Waals surface area contributed by atoms with Crippen LogP contribution in [0, 0.1) is 11.8 Å². The molecule has 0 aromatic carbocycles. The number of carbonyl (C=O) groups is 1. The predicted octanol–water partition coefficient (Wildman–Crippen LogP) is 1.06. The summed E-state index contributed by atoms with van der Waals surface area (Å²) in [5.74, 6) is 0.604. The highest BCUT2D eigenvalue weighted by Crippen LogP contribution is 2.33. The predicted molar refractivity (Wildman–Crippen MR) is 82.0 cm³/mol. The highest BCUT2D eigenvalue weighted by molar-refractivity contribution is 5.80. The number of nitrogens with one attached hydrogen (secondary N) is 2. The Labute approximate surface area is 127 Å². The summed E-state index contributed by atoms with van der Waals surface area (Å²) in [4.78, 5) is 12.3. The molecule has 21 heavy (non-hydrogen) atoms. The lowest BCUT2D eigenvalue weighted by molar-refractivity contribution is -0.127. The number of hydrogen-bond acceptors (Lipinski definition) is 4. The molecule has 2 atom stereocenters. The van der Waals surface area contributed by atoms with E-state index in [9.17, 15) is 9.90 Å². The van der Waals surface area contributed by atoms with E-state index in [4.69, 9.17) is 4.74 Å². The van der Waals surface area contributed by atoms with Gasteiger partial charge in [-0.3, -0.25) is 4.79 Å². The third kappa shape index (κ3) is 4.41. The Bertz CT molecular complexity index is 340. The van der Waals surface area contributed by atoms with Crippen molar-refractivity contribution >= 4 is 5.91 Å². The topological polar surface area (TPSA) is 70.6 Å². The van der Waals surface area contributed by atoms with Crippen molar-refractivity contribution in [2.24, 2.45) is 11.8 Å². The largest absolute Gasteiger partial charge is 0.388 e. The van der Waals surface area contributed by atoms with E-state index in [-0.39, 0.29) is 17.9 Å². The molecule has 5 nitrogen and oxygen atoms in total. The molecule has 2 aliphatic rings. The van der Waals surface area contributed by atoms with Crippen LogP contribution in [0.15, 0.2) is 0 Å². The fraction of sp³-hybridized carbons (Fsp3) is 0.938. The summed E-state index contributed by atoms with van der Waals surface area (Å²) >= 11 is 0. The van der Waals surface area contributed by atoms with E-state index < -0.39 is 5.60 Å². The zero-order valence-corrected chi connectivity index (χ0v) is 13.4. The highest BCUT2D eigenvalue weighted by Gasteiger charge is 2.36. The Balaban J connectivity index is 1.78. The zero-order valence-electron chi connectivity index (χ0n) is 13.4. The second-order valence-corrected chi connectivity index (χ2v) is 6.60. The van der Waals surface area contributed by atoms with Gasteiger partial charge in [-0.05, 0) is 38.1 Å². The molecule has 5 heteroatoms. The molecule has 0 aromatic heterocycles. The molecule has 2 rings (SSSR count). The maximum absolute atomic E-state index is 12.3. The van der Waals surface area contributed by atoms with Crippen LogP contribution in [0.3, 0.4) is 0 Å². The quantitative estimate of drug-likeness (QED) is 0.686. The molecule has 122 valence electrons. The highest BCUT2D eigenvalue weighted by atomic mass is 16.5. The molecule has 2 unspecified atom stereocenters. The molecule has 1 aliphatic heterocycles. The normalized spacial score (nSPS) is 36.6. The van der Waals surface area contributed by atoms with Gasteiger partial charge in [0.05, 0.1) is 24.7 Å². The zero-order chi connectivity index (χ0) is 15.3. The van der Waals surface area contributed by atoms with Crippen LogP contribution in [0.1, 0.15) is 46.0 Å². The van der Waals surface area contributed by atoms with Gasteiger partial charge in [-0.1, -0.05) is 20.3 Å². The number of amides is 1. The summed E-state index contributed by atoms with van der Waals surface area (Å²) in [7, 11) is 0. The number of ether oxygens (including phenoxy) is 1. The van der Waals surface area contributed by atoms with Gasteiger partial charge in [0.1, 0.15) is 0 Å². The Kier molecular flexibility index (Phi) is 6.02.